The Morgan fingerprint density at radius 2 is 1.87 bits per heavy atom. The van der Waals surface area contributed by atoms with Gasteiger partial charge in [-0.1, -0.05) is 27.2 Å². The molecule has 0 radical (unpaired) electrons. The molecule has 2 N–H and O–H groups in total. The summed E-state index contributed by atoms with van der Waals surface area (Å²) in [6.07, 6.45) is 6.52. The van der Waals surface area contributed by atoms with Crippen LogP contribution in [-0.2, 0) is 0 Å². The molecule has 1 saturated carbocycles. The monoisotopic (exact) mass is 212 g/mol. The maximum absolute atomic E-state index is 6.08. The Balaban J connectivity index is 2.75. The van der Waals surface area contributed by atoms with E-state index in [9.17, 15) is 0 Å². The van der Waals surface area contributed by atoms with Crippen molar-refractivity contribution in [1.29, 1.82) is 0 Å². The first-order valence-corrected chi connectivity index (χ1v) is 6.66. The summed E-state index contributed by atoms with van der Waals surface area (Å²) in [5.41, 5.74) is 6.40. The minimum absolute atomic E-state index is 0.325. The highest BCUT2D eigenvalue weighted by atomic mass is 15.2. The van der Waals surface area contributed by atoms with Gasteiger partial charge in [-0.05, 0) is 44.7 Å². The molecule has 1 rings (SSSR count). The van der Waals surface area contributed by atoms with Crippen LogP contribution in [0.2, 0.25) is 0 Å². The van der Waals surface area contributed by atoms with Crippen LogP contribution in [0.15, 0.2) is 0 Å². The third-order valence-corrected chi connectivity index (χ3v) is 4.13. The first-order chi connectivity index (χ1) is 7.21. The van der Waals surface area contributed by atoms with Gasteiger partial charge >= 0.3 is 0 Å². The molecule has 2 atom stereocenters. The van der Waals surface area contributed by atoms with Crippen LogP contribution in [0.4, 0.5) is 0 Å². The molecule has 0 spiro atoms. The zero-order valence-electron chi connectivity index (χ0n) is 10.8. The molecule has 2 unspecified atom stereocenters. The Kier molecular flexibility index (Phi) is 5.07. The van der Waals surface area contributed by atoms with E-state index in [-0.39, 0.29) is 0 Å². The van der Waals surface area contributed by atoms with Crippen molar-refractivity contribution < 1.29 is 0 Å². The standard InChI is InChI=1S/C13H28N2/c1-4-9-15(10-5-2)13(11-14)8-6-7-12(13)3/h12H,4-11,14H2,1-3H3. The molecule has 15 heavy (non-hydrogen) atoms. The summed E-state index contributed by atoms with van der Waals surface area (Å²) in [6, 6.07) is 0. The van der Waals surface area contributed by atoms with Crippen LogP contribution >= 0.6 is 0 Å². The van der Waals surface area contributed by atoms with Crippen molar-refractivity contribution in [1.82, 2.24) is 4.90 Å². The molecule has 1 aliphatic rings. The highest BCUT2D eigenvalue weighted by molar-refractivity contribution is 5.00. The van der Waals surface area contributed by atoms with Crippen LogP contribution in [0.3, 0.4) is 0 Å². The van der Waals surface area contributed by atoms with E-state index in [1.807, 2.05) is 0 Å². The van der Waals surface area contributed by atoms with E-state index < -0.39 is 0 Å². The second-order valence-electron chi connectivity index (χ2n) is 5.09. The van der Waals surface area contributed by atoms with E-state index in [1.165, 1.54) is 45.2 Å². The number of hydrogen-bond donors (Lipinski definition) is 1. The molecule has 2 nitrogen and oxygen atoms in total. The topological polar surface area (TPSA) is 29.3 Å². The molecule has 0 aliphatic heterocycles. The molecular weight excluding hydrogens is 184 g/mol. The Bertz CT molecular complexity index is 175. The highest BCUT2D eigenvalue weighted by Gasteiger charge is 2.42. The number of hydrogen-bond acceptors (Lipinski definition) is 2. The summed E-state index contributed by atoms with van der Waals surface area (Å²) in [6.45, 7) is 10.2. The Labute approximate surface area is 95.2 Å². The van der Waals surface area contributed by atoms with E-state index in [0.29, 0.717) is 5.54 Å². The van der Waals surface area contributed by atoms with E-state index in [1.54, 1.807) is 0 Å². The lowest BCUT2D eigenvalue weighted by Gasteiger charge is -2.44. The quantitative estimate of drug-likeness (QED) is 0.733. The van der Waals surface area contributed by atoms with Gasteiger partial charge in [0.15, 0.2) is 0 Å². The molecule has 0 bridgehead atoms. The third-order valence-electron chi connectivity index (χ3n) is 4.13. The summed E-state index contributed by atoms with van der Waals surface area (Å²) in [5.74, 6) is 0.778. The van der Waals surface area contributed by atoms with Crippen molar-refractivity contribution in [3.63, 3.8) is 0 Å². The van der Waals surface area contributed by atoms with Crippen LogP contribution < -0.4 is 5.73 Å². The summed E-state index contributed by atoms with van der Waals surface area (Å²) in [4.78, 5) is 2.67. The van der Waals surface area contributed by atoms with E-state index in [4.69, 9.17) is 5.73 Å². The van der Waals surface area contributed by atoms with E-state index in [2.05, 4.69) is 25.7 Å². The zero-order valence-corrected chi connectivity index (χ0v) is 10.8. The summed E-state index contributed by atoms with van der Waals surface area (Å²) in [5, 5.41) is 0. The molecule has 0 heterocycles. The molecule has 0 aromatic rings. The third kappa shape index (κ3) is 2.54. The van der Waals surface area contributed by atoms with Gasteiger partial charge in [-0.15, -0.1) is 0 Å². The average Bonchev–Trinajstić information content (AvgIpc) is 2.60. The van der Waals surface area contributed by atoms with Crippen molar-refractivity contribution in [2.75, 3.05) is 19.6 Å². The second kappa shape index (κ2) is 5.86. The second-order valence-corrected chi connectivity index (χ2v) is 5.09. The first-order valence-electron chi connectivity index (χ1n) is 6.66. The molecule has 0 saturated heterocycles. The van der Waals surface area contributed by atoms with Gasteiger partial charge in [0.2, 0.25) is 0 Å². The smallest absolute Gasteiger partial charge is 0.0357 e. The number of nitrogens with zero attached hydrogens (tertiary/aromatic N) is 1. The molecule has 90 valence electrons. The van der Waals surface area contributed by atoms with Gasteiger partial charge < -0.3 is 5.73 Å². The molecular formula is C13H28N2. The SMILES string of the molecule is CCCN(CCC)C1(CN)CCCC1C. The first kappa shape index (κ1) is 13.0. The van der Waals surface area contributed by atoms with Crippen molar-refractivity contribution >= 4 is 0 Å². The van der Waals surface area contributed by atoms with Gasteiger partial charge in [-0.3, -0.25) is 4.90 Å². The van der Waals surface area contributed by atoms with Gasteiger partial charge in [0.1, 0.15) is 0 Å². The van der Waals surface area contributed by atoms with Crippen molar-refractivity contribution in [2.45, 2.75) is 58.4 Å². The van der Waals surface area contributed by atoms with Crippen molar-refractivity contribution in [2.24, 2.45) is 11.7 Å². The zero-order chi connectivity index (χ0) is 11.3. The fourth-order valence-corrected chi connectivity index (χ4v) is 3.23. The van der Waals surface area contributed by atoms with Gasteiger partial charge in [0.25, 0.3) is 0 Å². The summed E-state index contributed by atoms with van der Waals surface area (Å²) >= 11 is 0. The van der Waals surface area contributed by atoms with Crippen molar-refractivity contribution in [3.05, 3.63) is 0 Å². The minimum atomic E-state index is 0.325. The normalized spacial score (nSPS) is 31.4. The Morgan fingerprint density at radius 3 is 2.20 bits per heavy atom. The van der Waals surface area contributed by atoms with Crippen LogP contribution in [0, 0.1) is 5.92 Å². The lowest BCUT2D eigenvalue weighted by molar-refractivity contribution is 0.0635. The lowest BCUT2D eigenvalue weighted by Crippen LogP contribution is -2.56. The Morgan fingerprint density at radius 1 is 1.27 bits per heavy atom. The van der Waals surface area contributed by atoms with Gasteiger partial charge in [0, 0.05) is 12.1 Å². The fourth-order valence-electron chi connectivity index (χ4n) is 3.23. The van der Waals surface area contributed by atoms with Crippen LogP contribution in [-0.4, -0.2) is 30.1 Å². The fraction of sp³-hybridized carbons (Fsp3) is 1.00. The molecule has 0 aromatic heterocycles. The maximum atomic E-state index is 6.08. The lowest BCUT2D eigenvalue weighted by atomic mass is 9.86. The molecule has 1 fully saturated rings. The molecule has 1 aliphatic carbocycles. The van der Waals surface area contributed by atoms with Gasteiger partial charge in [-0.25, -0.2) is 0 Å². The summed E-state index contributed by atoms with van der Waals surface area (Å²) < 4.78 is 0. The predicted molar refractivity (Wildman–Crippen MR) is 67.0 cm³/mol. The average molecular weight is 212 g/mol. The summed E-state index contributed by atoms with van der Waals surface area (Å²) in [7, 11) is 0. The highest BCUT2D eigenvalue weighted by Crippen LogP contribution is 2.39. The minimum Gasteiger partial charge on any atom is -0.329 e. The van der Waals surface area contributed by atoms with Crippen LogP contribution in [0.25, 0.3) is 0 Å². The molecule has 0 aromatic carbocycles. The van der Waals surface area contributed by atoms with Gasteiger partial charge in [0.05, 0.1) is 0 Å². The molecule has 0 amide bonds. The predicted octanol–water partition coefficient (Wildman–Crippen LogP) is 2.63. The Hall–Kier alpha value is -0.0800. The number of nitrogens with two attached hydrogens (primary N) is 1. The van der Waals surface area contributed by atoms with E-state index >= 15 is 0 Å². The maximum Gasteiger partial charge on any atom is 0.0357 e. The van der Waals surface area contributed by atoms with Crippen LogP contribution in [0.1, 0.15) is 52.9 Å². The van der Waals surface area contributed by atoms with Crippen molar-refractivity contribution in [3.8, 4) is 0 Å². The van der Waals surface area contributed by atoms with Crippen LogP contribution in [0.5, 0.6) is 0 Å². The van der Waals surface area contributed by atoms with Gasteiger partial charge in [-0.2, -0.15) is 0 Å². The number of rotatable bonds is 6. The van der Waals surface area contributed by atoms with E-state index in [0.717, 1.165) is 12.5 Å². The largest absolute Gasteiger partial charge is 0.329 e. The molecule has 2 heteroatoms.